The summed E-state index contributed by atoms with van der Waals surface area (Å²) in [4.78, 5) is 23.2. The van der Waals surface area contributed by atoms with Crippen LogP contribution in [0.5, 0.6) is 0 Å². The van der Waals surface area contributed by atoms with E-state index < -0.39 is 5.91 Å². The molecular weight excluding hydrogens is 242 g/mol. The molecule has 1 aromatic carbocycles. The van der Waals surface area contributed by atoms with E-state index in [0.717, 1.165) is 19.4 Å². The molecule has 102 valence electrons. The van der Waals surface area contributed by atoms with Crippen LogP contribution in [0.1, 0.15) is 30.1 Å². The minimum absolute atomic E-state index is 0.0619. The highest BCUT2D eigenvalue weighted by atomic mass is 16.2. The molecule has 2 amide bonds. The number of carbonyl (C=O) groups excluding carboxylic acids is 2. The van der Waals surface area contributed by atoms with Crippen molar-refractivity contribution in [3.63, 3.8) is 0 Å². The van der Waals surface area contributed by atoms with Crippen LogP contribution in [-0.4, -0.2) is 24.4 Å². The average molecular weight is 261 g/mol. The van der Waals surface area contributed by atoms with E-state index in [2.05, 4.69) is 17.6 Å². The Kier molecular flexibility index (Phi) is 4.16. The molecule has 1 aliphatic heterocycles. The Labute approximate surface area is 112 Å². The number of piperidine rings is 1. The number of primary amides is 1. The van der Waals surface area contributed by atoms with Gasteiger partial charge in [0, 0.05) is 11.3 Å². The molecule has 1 aromatic rings. The molecule has 0 radical (unpaired) electrons. The van der Waals surface area contributed by atoms with Crippen molar-refractivity contribution in [2.75, 3.05) is 11.9 Å². The SMILES string of the molecule is CC1CCNC(C(=O)Nc2cccc(C(N)=O)c2)C1. The second kappa shape index (κ2) is 5.84. The number of nitrogens with two attached hydrogens (primary N) is 1. The van der Waals surface area contributed by atoms with E-state index in [1.807, 2.05) is 0 Å². The van der Waals surface area contributed by atoms with Gasteiger partial charge in [-0.15, -0.1) is 0 Å². The molecule has 0 bridgehead atoms. The first kappa shape index (κ1) is 13.5. The zero-order valence-corrected chi connectivity index (χ0v) is 11.0. The van der Waals surface area contributed by atoms with E-state index in [-0.39, 0.29) is 11.9 Å². The molecule has 0 spiro atoms. The van der Waals surface area contributed by atoms with E-state index >= 15 is 0 Å². The van der Waals surface area contributed by atoms with Gasteiger partial charge in [0.25, 0.3) is 0 Å². The van der Waals surface area contributed by atoms with Crippen LogP contribution in [0.25, 0.3) is 0 Å². The zero-order chi connectivity index (χ0) is 13.8. The van der Waals surface area contributed by atoms with Gasteiger partial charge in [0.15, 0.2) is 0 Å². The van der Waals surface area contributed by atoms with Crippen molar-refractivity contribution in [3.8, 4) is 0 Å². The van der Waals surface area contributed by atoms with Crippen LogP contribution in [0.2, 0.25) is 0 Å². The molecule has 5 heteroatoms. The van der Waals surface area contributed by atoms with Crippen molar-refractivity contribution >= 4 is 17.5 Å². The maximum atomic E-state index is 12.1. The highest BCUT2D eigenvalue weighted by molar-refractivity contribution is 5.98. The maximum Gasteiger partial charge on any atom is 0.248 e. The first-order valence-electron chi connectivity index (χ1n) is 6.50. The van der Waals surface area contributed by atoms with Gasteiger partial charge in [-0.1, -0.05) is 13.0 Å². The predicted molar refractivity (Wildman–Crippen MR) is 73.8 cm³/mol. The third kappa shape index (κ3) is 3.54. The Morgan fingerprint density at radius 2 is 2.21 bits per heavy atom. The molecule has 5 nitrogen and oxygen atoms in total. The van der Waals surface area contributed by atoms with Gasteiger partial charge in [0.2, 0.25) is 11.8 Å². The number of carbonyl (C=O) groups is 2. The number of hydrogen-bond acceptors (Lipinski definition) is 3. The second-order valence-corrected chi connectivity index (χ2v) is 5.07. The Morgan fingerprint density at radius 1 is 1.42 bits per heavy atom. The molecule has 2 unspecified atom stereocenters. The molecule has 2 atom stereocenters. The Balaban J connectivity index is 2.02. The van der Waals surface area contributed by atoms with Crippen molar-refractivity contribution in [3.05, 3.63) is 29.8 Å². The lowest BCUT2D eigenvalue weighted by Crippen LogP contribution is -2.45. The smallest absolute Gasteiger partial charge is 0.248 e. The van der Waals surface area contributed by atoms with Crippen molar-refractivity contribution in [2.45, 2.75) is 25.8 Å². The number of anilines is 1. The van der Waals surface area contributed by atoms with Crippen LogP contribution in [0.4, 0.5) is 5.69 Å². The molecule has 1 heterocycles. The van der Waals surface area contributed by atoms with Gasteiger partial charge < -0.3 is 16.4 Å². The largest absolute Gasteiger partial charge is 0.366 e. The molecule has 2 rings (SSSR count). The van der Waals surface area contributed by atoms with Crippen molar-refractivity contribution < 1.29 is 9.59 Å². The maximum absolute atomic E-state index is 12.1. The van der Waals surface area contributed by atoms with Crippen LogP contribution < -0.4 is 16.4 Å². The minimum Gasteiger partial charge on any atom is -0.366 e. The van der Waals surface area contributed by atoms with Gasteiger partial charge >= 0.3 is 0 Å². The van der Waals surface area contributed by atoms with Crippen LogP contribution in [0.15, 0.2) is 24.3 Å². The third-order valence-corrected chi connectivity index (χ3v) is 3.40. The van der Waals surface area contributed by atoms with Crippen LogP contribution in [0.3, 0.4) is 0 Å². The standard InChI is InChI=1S/C14H19N3O2/c1-9-5-6-16-12(7-9)14(19)17-11-4-2-3-10(8-11)13(15)18/h2-4,8-9,12,16H,5-7H2,1H3,(H2,15,18)(H,17,19). The topological polar surface area (TPSA) is 84.2 Å². The summed E-state index contributed by atoms with van der Waals surface area (Å²) in [6, 6.07) is 6.50. The van der Waals surface area contributed by atoms with E-state index in [0.29, 0.717) is 17.2 Å². The van der Waals surface area contributed by atoms with Crippen LogP contribution >= 0.6 is 0 Å². The molecule has 1 fully saturated rings. The van der Waals surface area contributed by atoms with E-state index in [1.54, 1.807) is 24.3 Å². The van der Waals surface area contributed by atoms with Gasteiger partial charge in [0.05, 0.1) is 6.04 Å². The highest BCUT2D eigenvalue weighted by Gasteiger charge is 2.24. The number of amides is 2. The lowest BCUT2D eigenvalue weighted by Gasteiger charge is -2.27. The molecule has 1 aliphatic rings. The lowest BCUT2D eigenvalue weighted by atomic mass is 9.94. The van der Waals surface area contributed by atoms with E-state index in [1.165, 1.54) is 0 Å². The predicted octanol–water partition coefficient (Wildman–Crippen LogP) is 1.11. The fourth-order valence-electron chi connectivity index (χ4n) is 2.29. The summed E-state index contributed by atoms with van der Waals surface area (Å²) in [6.07, 6.45) is 1.93. The summed E-state index contributed by atoms with van der Waals surface area (Å²) in [7, 11) is 0. The Morgan fingerprint density at radius 3 is 2.89 bits per heavy atom. The number of nitrogens with one attached hydrogen (secondary N) is 2. The van der Waals surface area contributed by atoms with Crippen molar-refractivity contribution in [1.82, 2.24) is 5.32 Å². The molecule has 0 aliphatic carbocycles. The second-order valence-electron chi connectivity index (χ2n) is 5.07. The van der Waals surface area contributed by atoms with Crippen LogP contribution in [0, 0.1) is 5.92 Å². The minimum atomic E-state index is -0.500. The summed E-state index contributed by atoms with van der Waals surface area (Å²) in [5, 5.41) is 6.02. The summed E-state index contributed by atoms with van der Waals surface area (Å²) in [6.45, 7) is 3.01. The van der Waals surface area contributed by atoms with Gasteiger partial charge in [-0.3, -0.25) is 9.59 Å². The number of hydrogen-bond donors (Lipinski definition) is 3. The van der Waals surface area contributed by atoms with Crippen molar-refractivity contribution in [2.24, 2.45) is 11.7 Å². The first-order valence-corrected chi connectivity index (χ1v) is 6.50. The summed E-state index contributed by atoms with van der Waals surface area (Å²) < 4.78 is 0. The summed E-state index contributed by atoms with van der Waals surface area (Å²) in [5.41, 5.74) is 6.20. The first-order chi connectivity index (χ1) is 9.06. The average Bonchev–Trinajstić information content (AvgIpc) is 2.39. The molecule has 4 N–H and O–H groups in total. The summed E-state index contributed by atoms with van der Waals surface area (Å²) in [5.74, 6) is -0.0114. The zero-order valence-electron chi connectivity index (χ0n) is 11.0. The third-order valence-electron chi connectivity index (χ3n) is 3.40. The molecule has 1 saturated heterocycles. The van der Waals surface area contributed by atoms with Crippen molar-refractivity contribution in [1.29, 1.82) is 0 Å². The van der Waals surface area contributed by atoms with Gasteiger partial charge in [-0.25, -0.2) is 0 Å². The number of rotatable bonds is 3. The molecule has 0 saturated carbocycles. The lowest BCUT2D eigenvalue weighted by molar-refractivity contribution is -0.119. The van der Waals surface area contributed by atoms with E-state index in [4.69, 9.17) is 5.73 Å². The fraction of sp³-hybridized carbons (Fsp3) is 0.429. The molecule has 0 aromatic heterocycles. The summed E-state index contributed by atoms with van der Waals surface area (Å²) >= 11 is 0. The fourth-order valence-corrected chi connectivity index (χ4v) is 2.29. The quantitative estimate of drug-likeness (QED) is 0.762. The van der Waals surface area contributed by atoms with E-state index in [9.17, 15) is 9.59 Å². The Hall–Kier alpha value is -1.88. The van der Waals surface area contributed by atoms with Gasteiger partial charge in [-0.05, 0) is 43.5 Å². The molecular formula is C14H19N3O2. The normalized spacial score (nSPS) is 22.8. The number of benzene rings is 1. The monoisotopic (exact) mass is 261 g/mol. The Bertz CT molecular complexity index is 487. The van der Waals surface area contributed by atoms with Crippen LogP contribution in [-0.2, 0) is 4.79 Å². The molecule has 19 heavy (non-hydrogen) atoms. The van der Waals surface area contributed by atoms with Gasteiger partial charge in [0.1, 0.15) is 0 Å². The van der Waals surface area contributed by atoms with Gasteiger partial charge in [-0.2, -0.15) is 0 Å². The highest BCUT2D eigenvalue weighted by Crippen LogP contribution is 2.17.